The standard InChI is InChI=1S/C26H26N4O4S/c1-4-34-26(33)22-19(17-10-6-5-7-11-17)15-35-25(22)29-23(31)16(2)30(3)14-21-27-20-13-9-8-12-18(20)24(32)28-21/h5-13,15-16H,4,14H2,1-3H3,(H,29,31)(H,27,28,32)/t16-/m1/s1. The quantitative estimate of drug-likeness (QED) is 0.357. The number of fused-ring (bicyclic) bond motifs is 1. The SMILES string of the molecule is CCOC(=O)c1c(-c2ccccc2)csc1NC(=O)[C@@H](C)N(C)Cc1nc2ccccc2c(=O)[nH]1. The Bertz CT molecular complexity index is 1410. The van der Waals surface area contributed by atoms with E-state index < -0.39 is 12.0 Å². The highest BCUT2D eigenvalue weighted by atomic mass is 32.1. The van der Waals surface area contributed by atoms with Gasteiger partial charge in [-0.25, -0.2) is 9.78 Å². The number of anilines is 1. The lowest BCUT2D eigenvalue weighted by Crippen LogP contribution is -2.39. The molecule has 8 nitrogen and oxygen atoms in total. The van der Waals surface area contributed by atoms with E-state index >= 15 is 0 Å². The fraction of sp³-hybridized carbons (Fsp3) is 0.231. The summed E-state index contributed by atoms with van der Waals surface area (Å²) in [5, 5.41) is 5.69. The number of benzene rings is 2. The first-order chi connectivity index (χ1) is 16.9. The Morgan fingerprint density at radius 2 is 1.86 bits per heavy atom. The average Bonchev–Trinajstić information content (AvgIpc) is 3.27. The van der Waals surface area contributed by atoms with Gasteiger partial charge in [0.2, 0.25) is 5.91 Å². The number of ether oxygens (including phenoxy) is 1. The summed E-state index contributed by atoms with van der Waals surface area (Å²) in [7, 11) is 1.77. The number of nitrogens with one attached hydrogen (secondary N) is 2. The second kappa shape index (κ2) is 10.6. The van der Waals surface area contributed by atoms with Crippen LogP contribution >= 0.6 is 11.3 Å². The minimum absolute atomic E-state index is 0.220. The van der Waals surface area contributed by atoms with Crippen molar-refractivity contribution < 1.29 is 14.3 Å². The second-order valence-electron chi connectivity index (χ2n) is 8.05. The van der Waals surface area contributed by atoms with Gasteiger partial charge in [-0.3, -0.25) is 14.5 Å². The van der Waals surface area contributed by atoms with E-state index in [4.69, 9.17) is 4.74 Å². The van der Waals surface area contributed by atoms with Crippen LogP contribution in [-0.4, -0.2) is 46.4 Å². The summed E-state index contributed by atoms with van der Waals surface area (Å²) in [5.41, 5.74) is 2.30. The largest absolute Gasteiger partial charge is 0.462 e. The number of nitrogens with zero attached hydrogens (tertiary/aromatic N) is 2. The molecule has 0 aliphatic carbocycles. The van der Waals surface area contributed by atoms with Crippen LogP contribution in [0.4, 0.5) is 5.00 Å². The maximum atomic E-state index is 13.1. The van der Waals surface area contributed by atoms with Gasteiger partial charge in [0.1, 0.15) is 16.4 Å². The maximum absolute atomic E-state index is 13.1. The Balaban J connectivity index is 1.53. The summed E-state index contributed by atoms with van der Waals surface area (Å²) in [6, 6.07) is 16.0. The second-order valence-corrected chi connectivity index (χ2v) is 8.93. The zero-order valence-electron chi connectivity index (χ0n) is 19.7. The Morgan fingerprint density at radius 1 is 1.14 bits per heavy atom. The van der Waals surface area contributed by atoms with Gasteiger partial charge in [-0.05, 0) is 38.6 Å². The summed E-state index contributed by atoms with van der Waals surface area (Å²) >= 11 is 1.28. The normalized spacial score (nSPS) is 12.0. The van der Waals surface area contributed by atoms with Crippen LogP contribution in [0.25, 0.3) is 22.0 Å². The third-order valence-corrected chi connectivity index (χ3v) is 6.59. The number of thiophene rings is 1. The molecule has 1 atom stereocenters. The van der Waals surface area contributed by atoms with Gasteiger partial charge in [0, 0.05) is 10.9 Å². The van der Waals surface area contributed by atoms with Crippen molar-refractivity contribution in [2.24, 2.45) is 0 Å². The molecule has 0 saturated carbocycles. The minimum Gasteiger partial charge on any atom is -0.462 e. The molecule has 1 amide bonds. The first-order valence-electron chi connectivity index (χ1n) is 11.2. The number of aromatic nitrogens is 2. The molecule has 2 aromatic heterocycles. The summed E-state index contributed by atoms with van der Waals surface area (Å²) < 4.78 is 5.27. The number of esters is 1. The lowest BCUT2D eigenvalue weighted by atomic mass is 10.0. The molecule has 0 spiro atoms. The molecule has 35 heavy (non-hydrogen) atoms. The fourth-order valence-corrected chi connectivity index (χ4v) is 4.65. The predicted octanol–water partition coefficient (Wildman–Crippen LogP) is 4.29. The van der Waals surface area contributed by atoms with E-state index in [-0.39, 0.29) is 24.6 Å². The molecule has 2 heterocycles. The van der Waals surface area contributed by atoms with E-state index in [0.29, 0.717) is 32.9 Å². The van der Waals surface area contributed by atoms with Crippen molar-refractivity contribution in [1.29, 1.82) is 0 Å². The van der Waals surface area contributed by atoms with Gasteiger partial charge in [-0.1, -0.05) is 42.5 Å². The van der Waals surface area contributed by atoms with E-state index in [2.05, 4.69) is 15.3 Å². The molecule has 0 radical (unpaired) electrons. The fourth-order valence-electron chi connectivity index (χ4n) is 3.69. The molecule has 0 bridgehead atoms. The number of hydrogen-bond acceptors (Lipinski definition) is 7. The van der Waals surface area contributed by atoms with Crippen LogP contribution in [-0.2, 0) is 16.1 Å². The number of para-hydroxylation sites is 1. The van der Waals surface area contributed by atoms with Gasteiger partial charge in [0.15, 0.2) is 0 Å². The predicted molar refractivity (Wildman–Crippen MR) is 138 cm³/mol. The molecule has 9 heteroatoms. The highest BCUT2D eigenvalue weighted by Gasteiger charge is 2.26. The van der Waals surface area contributed by atoms with E-state index in [1.165, 1.54) is 11.3 Å². The minimum atomic E-state index is -0.566. The molecule has 4 aromatic rings. The Morgan fingerprint density at radius 3 is 2.60 bits per heavy atom. The molecule has 2 N–H and O–H groups in total. The zero-order chi connectivity index (χ0) is 24.9. The number of carbonyl (C=O) groups excluding carboxylic acids is 2. The average molecular weight is 491 g/mol. The summed E-state index contributed by atoms with van der Waals surface area (Å²) in [5.74, 6) is -0.310. The Labute approximate surface area is 206 Å². The highest BCUT2D eigenvalue weighted by Crippen LogP contribution is 2.36. The summed E-state index contributed by atoms with van der Waals surface area (Å²) in [6.45, 7) is 3.99. The van der Waals surface area contributed by atoms with E-state index in [0.717, 1.165) is 5.56 Å². The molecule has 0 unspecified atom stereocenters. The molecule has 4 rings (SSSR count). The van der Waals surface area contributed by atoms with Crippen LogP contribution in [0.1, 0.15) is 30.0 Å². The number of rotatable bonds is 8. The summed E-state index contributed by atoms with van der Waals surface area (Å²) in [4.78, 5) is 47.3. The van der Waals surface area contributed by atoms with Gasteiger partial charge < -0.3 is 15.0 Å². The molecular formula is C26H26N4O4S. The van der Waals surface area contributed by atoms with Crippen molar-refractivity contribution >= 4 is 39.1 Å². The Hall–Kier alpha value is -3.82. The topological polar surface area (TPSA) is 104 Å². The van der Waals surface area contributed by atoms with Gasteiger partial charge in [0.25, 0.3) is 5.56 Å². The lowest BCUT2D eigenvalue weighted by Gasteiger charge is -2.23. The van der Waals surface area contributed by atoms with Gasteiger partial charge >= 0.3 is 5.97 Å². The van der Waals surface area contributed by atoms with E-state index in [1.807, 2.05) is 41.8 Å². The lowest BCUT2D eigenvalue weighted by molar-refractivity contribution is -0.120. The number of hydrogen-bond donors (Lipinski definition) is 2. The molecule has 0 saturated heterocycles. The van der Waals surface area contributed by atoms with Gasteiger partial charge in [0.05, 0.1) is 30.1 Å². The molecule has 180 valence electrons. The smallest absolute Gasteiger partial charge is 0.341 e. The van der Waals surface area contributed by atoms with Crippen molar-refractivity contribution in [3.63, 3.8) is 0 Å². The van der Waals surface area contributed by atoms with Crippen LogP contribution in [0.15, 0.2) is 64.8 Å². The molecule has 0 aliphatic rings. The van der Waals surface area contributed by atoms with Crippen LogP contribution in [0.2, 0.25) is 0 Å². The number of likely N-dealkylation sites (N-methyl/N-ethyl adjacent to an activating group) is 1. The first-order valence-corrected chi connectivity index (χ1v) is 12.1. The summed E-state index contributed by atoms with van der Waals surface area (Å²) in [6.07, 6.45) is 0. The molecule has 2 aromatic carbocycles. The molecule has 0 aliphatic heterocycles. The number of carbonyl (C=O) groups is 2. The van der Waals surface area contributed by atoms with Crippen molar-refractivity contribution in [1.82, 2.24) is 14.9 Å². The Kier molecular flexibility index (Phi) is 7.38. The van der Waals surface area contributed by atoms with Crippen molar-refractivity contribution in [3.8, 4) is 11.1 Å². The van der Waals surface area contributed by atoms with Crippen molar-refractivity contribution in [2.45, 2.75) is 26.4 Å². The van der Waals surface area contributed by atoms with Crippen LogP contribution in [0, 0.1) is 0 Å². The highest BCUT2D eigenvalue weighted by molar-refractivity contribution is 7.15. The van der Waals surface area contributed by atoms with Crippen LogP contribution in [0.5, 0.6) is 0 Å². The van der Waals surface area contributed by atoms with E-state index in [9.17, 15) is 14.4 Å². The van der Waals surface area contributed by atoms with Gasteiger partial charge in [-0.15, -0.1) is 11.3 Å². The van der Waals surface area contributed by atoms with Crippen molar-refractivity contribution in [2.75, 3.05) is 19.0 Å². The molecular weight excluding hydrogens is 464 g/mol. The zero-order valence-corrected chi connectivity index (χ0v) is 20.5. The maximum Gasteiger partial charge on any atom is 0.341 e. The third-order valence-electron chi connectivity index (χ3n) is 5.69. The van der Waals surface area contributed by atoms with Crippen molar-refractivity contribution in [3.05, 3.63) is 81.7 Å². The van der Waals surface area contributed by atoms with E-state index in [1.54, 1.807) is 44.0 Å². The number of aromatic amines is 1. The number of H-pyrrole nitrogens is 1. The first kappa shape index (κ1) is 24.3. The monoisotopic (exact) mass is 490 g/mol. The van der Waals surface area contributed by atoms with Crippen LogP contribution < -0.4 is 10.9 Å². The number of amides is 1. The third kappa shape index (κ3) is 5.31. The van der Waals surface area contributed by atoms with Gasteiger partial charge in [-0.2, -0.15) is 0 Å². The van der Waals surface area contributed by atoms with Crippen LogP contribution in [0.3, 0.4) is 0 Å². The molecule has 0 fully saturated rings.